The van der Waals surface area contributed by atoms with Crippen LogP contribution in [-0.4, -0.2) is 30.8 Å². The molecule has 3 heterocycles. The van der Waals surface area contributed by atoms with Crippen LogP contribution in [-0.2, 0) is 19.3 Å². The normalized spacial score (nSPS) is 19.1. The average Bonchev–Trinajstić information content (AvgIpc) is 3.29. The third kappa shape index (κ3) is 3.70. The van der Waals surface area contributed by atoms with Crippen LogP contribution in [0.15, 0.2) is 36.7 Å². The minimum atomic E-state index is 0.486. The summed E-state index contributed by atoms with van der Waals surface area (Å²) in [5.41, 5.74) is 3.86. The molecule has 4 rings (SSSR count). The molecule has 2 aliphatic heterocycles. The maximum atomic E-state index is 5.90. The van der Waals surface area contributed by atoms with Crippen LogP contribution in [0.3, 0.4) is 0 Å². The number of ether oxygens (including phenoxy) is 2. The van der Waals surface area contributed by atoms with Gasteiger partial charge in [-0.25, -0.2) is 0 Å². The number of fused-ring (bicyclic) bond motifs is 1. The third-order valence-electron chi connectivity index (χ3n) is 4.85. The molecule has 126 valence electrons. The van der Waals surface area contributed by atoms with Gasteiger partial charge in [0.25, 0.3) is 0 Å². The van der Waals surface area contributed by atoms with E-state index in [0.29, 0.717) is 6.04 Å². The monoisotopic (exact) mass is 324 g/mol. The highest BCUT2D eigenvalue weighted by Crippen LogP contribution is 2.26. The molecule has 4 nitrogen and oxygen atoms in total. The maximum Gasteiger partial charge on any atom is 0.137 e. The van der Waals surface area contributed by atoms with E-state index in [1.165, 1.54) is 29.5 Å². The van der Waals surface area contributed by atoms with Gasteiger partial charge in [-0.1, -0.05) is 12.1 Å². The van der Waals surface area contributed by atoms with E-state index in [2.05, 4.69) is 34.6 Å². The number of hydrogen-bond acceptors (Lipinski definition) is 4. The van der Waals surface area contributed by atoms with Crippen molar-refractivity contribution in [2.75, 3.05) is 19.8 Å². The lowest BCUT2D eigenvalue weighted by Crippen LogP contribution is -2.28. The Morgan fingerprint density at radius 1 is 1.17 bits per heavy atom. The Kier molecular flexibility index (Phi) is 4.65. The van der Waals surface area contributed by atoms with Gasteiger partial charge in [0.2, 0.25) is 0 Å². The molecule has 0 bridgehead atoms. The zero-order valence-corrected chi connectivity index (χ0v) is 14.0. The first-order valence-corrected chi connectivity index (χ1v) is 8.91. The quantitative estimate of drug-likeness (QED) is 0.887. The van der Waals surface area contributed by atoms with E-state index in [0.717, 1.165) is 50.5 Å². The second-order valence-electron chi connectivity index (χ2n) is 6.67. The Hall–Kier alpha value is -2.07. The summed E-state index contributed by atoms with van der Waals surface area (Å²) < 4.78 is 11.6. The summed E-state index contributed by atoms with van der Waals surface area (Å²) in [7, 11) is 0. The molecule has 0 spiro atoms. The molecule has 1 unspecified atom stereocenters. The third-order valence-corrected chi connectivity index (χ3v) is 4.85. The summed E-state index contributed by atoms with van der Waals surface area (Å²) in [5, 5.41) is 3.45. The van der Waals surface area contributed by atoms with Crippen molar-refractivity contribution in [2.24, 2.45) is 0 Å². The van der Waals surface area contributed by atoms with Crippen molar-refractivity contribution in [1.29, 1.82) is 0 Å². The van der Waals surface area contributed by atoms with Gasteiger partial charge in [-0.05, 0) is 61.1 Å². The van der Waals surface area contributed by atoms with Crippen molar-refractivity contribution in [3.63, 3.8) is 0 Å². The lowest BCUT2D eigenvalue weighted by Gasteiger charge is -2.12. The molecule has 2 aromatic rings. The molecule has 0 aliphatic carbocycles. The van der Waals surface area contributed by atoms with Crippen LogP contribution in [0.4, 0.5) is 0 Å². The van der Waals surface area contributed by atoms with Crippen LogP contribution >= 0.6 is 0 Å². The first kappa shape index (κ1) is 15.5. The second kappa shape index (κ2) is 7.22. The van der Waals surface area contributed by atoms with Gasteiger partial charge in [0.05, 0.1) is 12.8 Å². The Morgan fingerprint density at radius 3 is 3.04 bits per heavy atom. The number of pyridine rings is 1. The summed E-state index contributed by atoms with van der Waals surface area (Å²) in [6, 6.07) is 9.20. The SMILES string of the molecule is c1cc2c(cc1CCc1cncc(OCC3CCCN3)c1)OCC2. The molecular formula is C20H24N2O2. The van der Waals surface area contributed by atoms with Crippen LogP contribution in [0.2, 0.25) is 0 Å². The maximum absolute atomic E-state index is 5.90. The Bertz CT molecular complexity index is 696. The second-order valence-corrected chi connectivity index (χ2v) is 6.67. The molecule has 1 atom stereocenters. The van der Waals surface area contributed by atoms with Crippen molar-refractivity contribution in [3.8, 4) is 11.5 Å². The van der Waals surface area contributed by atoms with Crippen LogP contribution in [0.1, 0.15) is 29.5 Å². The summed E-state index contributed by atoms with van der Waals surface area (Å²) in [6.07, 6.45) is 9.18. The van der Waals surface area contributed by atoms with Gasteiger partial charge in [0.1, 0.15) is 18.1 Å². The fourth-order valence-electron chi connectivity index (χ4n) is 3.43. The number of hydrogen-bond donors (Lipinski definition) is 1. The van der Waals surface area contributed by atoms with Crippen LogP contribution in [0.25, 0.3) is 0 Å². The van der Waals surface area contributed by atoms with E-state index >= 15 is 0 Å². The van der Waals surface area contributed by atoms with Gasteiger partial charge in [0.15, 0.2) is 0 Å². The summed E-state index contributed by atoms with van der Waals surface area (Å²) >= 11 is 0. The highest BCUT2D eigenvalue weighted by molar-refractivity contribution is 5.40. The van der Waals surface area contributed by atoms with E-state index in [1.54, 1.807) is 0 Å². The lowest BCUT2D eigenvalue weighted by molar-refractivity contribution is 0.276. The van der Waals surface area contributed by atoms with Crippen molar-refractivity contribution in [2.45, 2.75) is 38.1 Å². The van der Waals surface area contributed by atoms with Crippen molar-refractivity contribution >= 4 is 0 Å². The highest BCUT2D eigenvalue weighted by atomic mass is 16.5. The van der Waals surface area contributed by atoms with Gasteiger partial charge >= 0.3 is 0 Å². The Morgan fingerprint density at radius 2 is 2.12 bits per heavy atom. The van der Waals surface area contributed by atoms with E-state index < -0.39 is 0 Å². The molecule has 2 aliphatic rings. The Labute approximate surface area is 143 Å². The molecule has 4 heteroatoms. The molecule has 1 aromatic carbocycles. The Balaban J connectivity index is 1.33. The smallest absolute Gasteiger partial charge is 0.137 e. The molecule has 1 fully saturated rings. The summed E-state index contributed by atoms with van der Waals surface area (Å²) in [5.74, 6) is 1.94. The van der Waals surface area contributed by atoms with Crippen molar-refractivity contribution in [1.82, 2.24) is 10.3 Å². The molecule has 0 saturated carbocycles. The molecular weight excluding hydrogens is 300 g/mol. The van der Waals surface area contributed by atoms with Crippen LogP contribution in [0.5, 0.6) is 11.5 Å². The summed E-state index contributed by atoms with van der Waals surface area (Å²) in [6.45, 7) is 2.65. The standard InChI is InChI=1S/C20H24N2O2/c1-2-18(22-8-1)14-24-19-10-16(12-21-13-19)4-3-15-5-6-17-7-9-23-20(17)11-15/h5-6,10-13,18,22H,1-4,7-9,14H2. The predicted octanol–water partition coefficient (Wildman–Crippen LogP) is 2.93. The van der Waals surface area contributed by atoms with Crippen LogP contribution < -0.4 is 14.8 Å². The molecule has 1 N–H and O–H groups in total. The molecule has 1 saturated heterocycles. The zero-order valence-electron chi connectivity index (χ0n) is 14.0. The minimum absolute atomic E-state index is 0.486. The van der Waals surface area contributed by atoms with Gasteiger partial charge in [-0.3, -0.25) is 4.98 Å². The first-order chi connectivity index (χ1) is 11.9. The van der Waals surface area contributed by atoms with Gasteiger partial charge < -0.3 is 14.8 Å². The van der Waals surface area contributed by atoms with Crippen molar-refractivity contribution < 1.29 is 9.47 Å². The molecule has 24 heavy (non-hydrogen) atoms. The largest absolute Gasteiger partial charge is 0.493 e. The zero-order chi connectivity index (χ0) is 16.2. The molecule has 1 aromatic heterocycles. The lowest BCUT2D eigenvalue weighted by atomic mass is 10.0. The minimum Gasteiger partial charge on any atom is -0.493 e. The van der Waals surface area contributed by atoms with Crippen molar-refractivity contribution in [3.05, 3.63) is 53.3 Å². The first-order valence-electron chi connectivity index (χ1n) is 8.91. The predicted molar refractivity (Wildman–Crippen MR) is 93.8 cm³/mol. The van der Waals surface area contributed by atoms with Gasteiger partial charge in [-0.15, -0.1) is 0 Å². The van der Waals surface area contributed by atoms with Crippen LogP contribution in [0, 0.1) is 0 Å². The highest BCUT2D eigenvalue weighted by Gasteiger charge is 2.15. The number of rotatable bonds is 6. The van der Waals surface area contributed by atoms with E-state index in [4.69, 9.17) is 9.47 Å². The fourth-order valence-corrected chi connectivity index (χ4v) is 3.43. The fraction of sp³-hybridized carbons (Fsp3) is 0.450. The number of aryl methyl sites for hydroxylation is 2. The topological polar surface area (TPSA) is 43.4 Å². The van der Waals surface area contributed by atoms with E-state index in [-0.39, 0.29) is 0 Å². The molecule has 0 amide bonds. The number of aromatic nitrogens is 1. The van der Waals surface area contributed by atoms with Gasteiger partial charge in [0, 0.05) is 18.7 Å². The molecule has 0 radical (unpaired) electrons. The van der Waals surface area contributed by atoms with E-state index in [1.807, 2.05) is 12.4 Å². The average molecular weight is 324 g/mol. The summed E-state index contributed by atoms with van der Waals surface area (Å²) in [4.78, 5) is 4.33. The van der Waals surface area contributed by atoms with E-state index in [9.17, 15) is 0 Å². The number of nitrogens with one attached hydrogen (secondary N) is 1. The number of benzene rings is 1. The van der Waals surface area contributed by atoms with Gasteiger partial charge in [-0.2, -0.15) is 0 Å². The number of nitrogens with zero attached hydrogens (tertiary/aromatic N) is 1.